The normalized spacial score (nSPS) is 13.1. The van der Waals surface area contributed by atoms with Crippen LogP contribution in [0.1, 0.15) is 64.8 Å². The lowest BCUT2D eigenvalue weighted by Crippen LogP contribution is -2.26. The molecule has 1 heterocycles. The molecule has 0 aromatic carbocycles. The van der Waals surface area contributed by atoms with E-state index >= 15 is 0 Å². The van der Waals surface area contributed by atoms with E-state index < -0.39 is 0 Å². The van der Waals surface area contributed by atoms with Crippen molar-refractivity contribution < 1.29 is 0 Å². The third-order valence-corrected chi connectivity index (χ3v) is 4.92. The lowest BCUT2D eigenvalue weighted by molar-refractivity contribution is 0.367. The van der Waals surface area contributed by atoms with Gasteiger partial charge in [0.15, 0.2) is 0 Å². The number of hydrogen-bond acceptors (Lipinski definition) is 5. The first-order chi connectivity index (χ1) is 14.0. The molecule has 0 radical (unpaired) electrons. The Morgan fingerprint density at radius 3 is 2.48 bits per heavy atom. The Kier molecular flexibility index (Phi) is 10.7. The molecule has 1 aromatic heterocycles. The predicted molar refractivity (Wildman–Crippen MR) is 128 cm³/mol. The lowest BCUT2D eigenvalue weighted by atomic mass is 9.97. The van der Waals surface area contributed by atoms with Gasteiger partial charge in [-0.3, -0.25) is 9.98 Å². The average Bonchev–Trinajstić information content (AvgIpc) is 2.74. The van der Waals surface area contributed by atoms with Crippen LogP contribution in [0, 0.1) is 0 Å². The van der Waals surface area contributed by atoms with Gasteiger partial charge in [-0.05, 0) is 69.4 Å². The van der Waals surface area contributed by atoms with Crippen LogP contribution in [0.15, 0.2) is 46.5 Å². The van der Waals surface area contributed by atoms with Gasteiger partial charge < -0.3 is 4.90 Å². The molecule has 1 aromatic rings. The zero-order chi connectivity index (χ0) is 21.8. The molecule has 0 fully saturated rings. The standard InChI is InChI=1S/C24H37N5/c1-9-16-28(13-5)21(17-25-8)18-29(27-12-4)20(7)19(6)23-14-15-26-24(11-3)22(23)10-2/h11-12,14-15,17-18H,3,9-10,13,16H2,1-2,4-8H3/b20-19+,21-18+,25-17?,27-12-. The molecule has 29 heavy (non-hydrogen) atoms. The molecule has 0 aliphatic rings. The highest BCUT2D eigenvalue weighted by Crippen LogP contribution is 2.27. The summed E-state index contributed by atoms with van der Waals surface area (Å²) in [4.78, 5) is 11.0. The topological polar surface area (TPSA) is 44.1 Å². The molecule has 0 aliphatic heterocycles. The summed E-state index contributed by atoms with van der Waals surface area (Å²) >= 11 is 0. The van der Waals surface area contributed by atoms with Crippen molar-refractivity contribution in [3.8, 4) is 0 Å². The van der Waals surface area contributed by atoms with E-state index in [0.29, 0.717) is 0 Å². The number of hydrogen-bond donors (Lipinski definition) is 0. The second kappa shape index (κ2) is 12.7. The van der Waals surface area contributed by atoms with Crippen LogP contribution >= 0.6 is 0 Å². The Hall–Kier alpha value is -2.69. The van der Waals surface area contributed by atoms with Crippen LogP contribution in [-0.2, 0) is 6.42 Å². The molecule has 0 aliphatic carbocycles. The zero-order valence-corrected chi connectivity index (χ0v) is 19.2. The van der Waals surface area contributed by atoms with Gasteiger partial charge in [0.25, 0.3) is 0 Å². The van der Waals surface area contributed by atoms with Crippen molar-refractivity contribution in [3.05, 3.63) is 53.3 Å². The fourth-order valence-corrected chi connectivity index (χ4v) is 3.31. The van der Waals surface area contributed by atoms with Crippen molar-refractivity contribution in [2.75, 3.05) is 20.1 Å². The highest BCUT2D eigenvalue weighted by Gasteiger charge is 2.14. The minimum Gasteiger partial charge on any atom is -0.369 e. The van der Waals surface area contributed by atoms with Gasteiger partial charge in [0.1, 0.15) is 0 Å². The summed E-state index contributed by atoms with van der Waals surface area (Å²) in [6, 6.07) is 2.08. The van der Waals surface area contributed by atoms with Crippen LogP contribution in [0.3, 0.4) is 0 Å². The van der Waals surface area contributed by atoms with Crippen LogP contribution in [0.5, 0.6) is 0 Å². The number of nitrogens with zero attached hydrogens (tertiary/aromatic N) is 5. The highest BCUT2D eigenvalue weighted by molar-refractivity contribution is 5.78. The minimum absolute atomic E-state index is 0.899. The highest BCUT2D eigenvalue weighted by atomic mass is 15.4. The van der Waals surface area contributed by atoms with E-state index in [1.165, 1.54) is 16.7 Å². The Balaban J connectivity index is 3.55. The largest absolute Gasteiger partial charge is 0.369 e. The van der Waals surface area contributed by atoms with Gasteiger partial charge in [-0.1, -0.05) is 20.4 Å². The number of hydrazone groups is 1. The molecule has 0 amide bonds. The van der Waals surface area contributed by atoms with Gasteiger partial charge in [-0.2, -0.15) is 5.10 Å². The fourth-order valence-electron chi connectivity index (χ4n) is 3.31. The maximum atomic E-state index is 4.62. The first-order valence-electron chi connectivity index (χ1n) is 10.4. The molecule has 0 N–H and O–H groups in total. The monoisotopic (exact) mass is 395 g/mol. The van der Waals surface area contributed by atoms with Crippen molar-refractivity contribution in [1.29, 1.82) is 0 Å². The van der Waals surface area contributed by atoms with Gasteiger partial charge in [-0.15, -0.1) is 0 Å². The second-order valence-electron chi connectivity index (χ2n) is 6.73. The van der Waals surface area contributed by atoms with Crippen LogP contribution in [-0.4, -0.2) is 47.5 Å². The van der Waals surface area contributed by atoms with Gasteiger partial charge >= 0.3 is 0 Å². The SMILES string of the molecule is C=Cc1nccc(/C(C)=C(\C)N(/C=C(\C=NC)N(CC)CCC)/N=C\C)c1CC. The predicted octanol–water partition coefficient (Wildman–Crippen LogP) is 5.62. The Morgan fingerprint density at radius 2 is 1.97 bits per heavy atom. The number of aromatic nitrogens is 1. The molecule has 0 saturated heterocycles. The van der Waals surface area contributed by atoms with E-state index in [9.17, 15) is 0 Å². The zero-order valence-electron chi connectivity index (χ0n) is 19.2. The quantitative estimate of drug-likeness (QED) is 0.361. The van der Waals surface area contributed by atoms with E-state index in [2.05, 4.69) is 73.4 Å². The van der Waals surface area contributed by atoms with Crippen molar-refractivity contribution in [1.82, 2.24) is 14.9 Å². The van der Waals surface area contributed by atoms with E-state index in [4.69, 9.17) is 0 Å². The van der Waals surface area contributed by atoms with Crippen molar-refractivity contribution in [2.45, 2.75) is 54.4 Å². The number of allylic oxidation sites excluding steroid dienone is 3. The maximum absolute atomic E-state index is 4.62. The molecule has 0 atom stereocenters. The maximum Gasteiger partial charge on any atom is 0.0734 e. The summed E-state index contributed by atoms with van der Waals surface area (Å²) in [5.74, 6) is 0. The Morgan fingerprint density at radius 1 is 1.24 bits per heavy atom. The van der Waals surface area contributed by atoms with E-state index in [0.717, 1.165) is 43.0 Å². The molecule has 0 spiro atoms. The average molecular weight is 396 g/mol. The molecular formula is C24H37N5. The molecule has 158 valence electrons. The van der Waals surface area contributed by atoms with E-state index in [1.54, 1.807) is 7.05 Å². The summed E-state index contributed by atoms with van der Waals surface area (Å²) < 4.78 is 0. The lowest BCUT2D eigenvalue weighted by Gasteiger charge is -2.26. The summed E-state index contributed by atoms with van der Waals surface area (Å²) in [6.45, 7) is 18.5. The molecule has 1 rings (SSSR count). The number of aliphatic imine (C=N–C) groups is 1. The van der Waals surface area contributed by atoms with Crippen LogP contribution < -0.4 is 0 Å². The van der Waals surface area contributed by atoms with Crippen molar-refractivity contribution in [3.63, 3.8) is 0 Å². The van der Waals surface area contributed by atoms with Crippen LogP contribution in [0.4, 0.5) is 0 Å². The van der Waals surface area contributed by atoms with Gasteiger partial charge in [0, 0.05) is 44.5 Å². The van der Waals surface area contributed by atoms with Gasteiger partial charge in [-0.25, -0.2) is 5.01 Å². The summed E-state index contributed by atoms with van der Waals surface area (Å²) in [7, 11) is 1.80. The van der Waals surface area contributed by atoms with Crippen LogP contribution in [0.25, 0.3) is 11.6 Å². The second-order valence-corrected chi connectivity index (χ2v) is 6.73. The first-order valence-corrected chi connectivity index (χ1v) is 10.4. The summed E-state index contributed by atoms with van der Waals surface area (Å²) in [5.41, 5.74) is 6.62. The number of pyridine rings is 1. The third-order valence-electron chi connectivity index (χ3n) is 4.92. The van der Waals surface area contributed by atoms with Gasteiger partial charge in [0.05, 0.1) is 17.6 Å². The van der Waals surface area contributed by atoms with E-state index in [-0.39, 0.29) is 0 Å². The summed E-state index contributed by atoms with van der Waals surface area (Å²) in [6.07, 6.45) is 11.4. The fraction of sp³-hybridized carbons (Fsp3) is 0.458. The Labute approximate surface area is 177 Å². The minimum atomic E-state index is 0.899. The van der Waals surface area contributed by atoms with Crippen molar-refractivity contribution >= 4 is 24.1 Å². The molecule has 0 saturated carbocycles. The first kappa shape index (κ1) is 24.3. The third kappa shape index (κ3) is 6.41. The Bertz CT molecular complexity index is 786. The molecule has 5 nitrogen and oxygen atoms in total. The molecule has 0 unspecified atom stereocenters. The van der Waals surface area contributed by atoms with Crippen molar-refractivity contribution in [2.24, 2.45) is 10.1 Å². The molecule has 5 heteroatoms. The number of rotatable bonds is 11. The molecular weight excluding hydrogens is 358 g/mol. The van der Waals surface area contributed by atoms with Crippen LogP contribution in [0.2, 0.25) is 0 Å². The van der Waals surface area contributed by atoms with E-state index in [1.807, 2.05) is 36.6 Å². The summed E-state index contributed by atoms with van der Waals surface area (Å²) in [5, 5.41) is 6.56. The smallest absolute Gasteiger partial charge is 0.0734 e. The molecule has 0 bridgehead atoms. The van der Waals surface area contributed by atoms with Gasteiger partial charge in [0.2, 0.25) is 0 Å².